The molecule has 0 unspecified atom stereocenters. The molecule has 0 fully saturated rings. The topological polar surface area (TPSA) is 57.4 Å². The summed E-state index contributed by atoms with van der Waals surface area (Å²) in [7, 11) is 0. The summed E-state index contributed by atoms with van der Waals surface area (Å²) >= 11 is 0. The lowest BCUT2D eigenvalue weighted by molar-refractivity contribution is 0.0453. The van der Waals surface area contributed by atoms with E-state index in [-0.39, 0.29) is 0 Å². The van der Waals surface area contributed by atoms with Gasteiger partial charge in [0.25, 0.3) is 0 Å². The van der Waals surface area contributed by atoms with Crippen LogP contribution in [0.4, 0.5) is 5.82 Å². The van der Waals surface area contributed by atoms with Gasteiger partial charge in [0.05, 0.1) is 19.8 Å². The molecule has 14 heavy (non-hydrogen) atoms. The van der Waals surface area contributed by atoms with Gasteiger partial charge in [0.15, 0.2) is 0 Å². The zero-order valence-electron chi connectivity index (χ0n) is 8.40. The first-order valence-electron chi connectivity index (χ1n) is 4.69. The molecule has 0 atom stereocenters. The van der Waals surface area contributed by atoms with Crippen molar-refractivity contribution < 1.29 is 9.47 Å². The van der Waals surface area contributed by atoms with Gasteiger partial charge < -0.3 is 15.2 Å². The standard InChI is InChI=1S/C10H16N2O2/c1-2-13-5-6-14-8-9-3-4-12-10(11)7-9/h3-4,7H,2,5-6,8H2,1H3,(H2,11,12). The van der Waals surface area contributed by atoms with Gasteiger partial charge in [0.1, 0.15) is 5.82 Å². The highest BCUT2D eigenvalue weighted by Crippen LogP contribution is 2.03. The quantitative estimate of drug-likeness (QED) is 0.695. The first kappa shape index (κ1) is 10.9. The van der Waals surface area contributed by atoms with E-state index in [0.717, 1.165) is 12.2 Å². The Morgan fingerprint density at radius 2 is 2.14 bits per heavy atom. The largest absolute Gasteiger partial charge is 0.384 e. The van der Waals surface area contributed by atoms with Crippen molar-refractivity contribution in [2.45, 2.75) is 13.5 Å². The molecule has 0 aliphatic rings. The van der Waals surface area contributed by atoms with E-state index in [9.17, 15) is 0 Å². The molecule has 0 aromatic carbocycles. The van der Waals surface area contributed by atoms with E-state index in [2.05, 4.69) is 4.98 Å². The minimum Gasteiger partial charge on any atom is -0.384 e. The second kappa shape index (κ2) is 6.34. The third-order valence-corrected chi connectivity index (χ3v) is 1.69. The van der Waals surface area contributed by atoms with E-state index in [1.165, 1.54) is 0 Å². The van der Waals surface area contributed by atoms with Crippen LogP contribution >= 0.6 is 0 Å². The van der Waals surface area contributed by atoms with Crippen molar-refractivity contribution in [2.24, 2.45) is 0 Å². The van der Waals surface area contributed by atoms with Gasteiger partial charge in [-0.2, -0.15) is 0 Å². The van der Waals surface area contributed by atoms with Gasteiger partial charge in [-0.3, -0.25) is 0 Å². The lowest BCUT2D eigenvalue weighted by Gasteiger charge is -2.04. The molecule has 2 N–H and O–H groups in total. The fourth-order valence-electron chi connectivity index (χ4n) is 1.04. The van der Waals surface area contributed by atoms with Crippen molar-refractivity contribution in [3.05, 3.63) is 23.9 Å². The van der Waals surface area contributed by atoms with E-state index in [1.807, 2.05) is 13.0 Å². The van der Waals surface area contributed by atoms with Gasteiger partial charge in [-0.15, -0.1) is 0 Å². The zero-order valence-corrected chi connectivity index (χ0v) is 8.40. The number of hydrogen-bond acceptors (Lipinski definition) is 4. The molecule has 0 aliphatic carbocycles. The Bertz CT molecular complexity index is 266. The van der Waals surface area contributed by atoms with Crippen LogP contribution in [0.25, 0.3) is 0 Å². The van der Waals surface area contributed by atoms with Crippen molar-refractivity contribution >= 4 is 5.82 Å². The smallest absolute Gasteiger partial charge is 0.123 e. The molecule has 0 amide bonds. The molecule has 0 saturated carbocycles. The minimum absolute atomic E-state index is 0.524. The van der Waals surface area contributed by atoms with Crippen molar-refractivity contribution in [3.8, 4) is 0 Å². The molecule has 78 valence electrons. The average Bonchev–Trinajstić information content (AvgIpc) is 2.18. The summed E-state index contributed by atoms with van der Waals surface area (Å²) in [5.41, 5.74) is 6.56. The lowest BCUT2D eigenvalue weighted by Crippen LogP contribution is -2.04. The molecule has 0 bridgehead atoms. The Hall–Kier alpha value is -1.13. The molecule has 0 radical (unpaired) electrons. The Morgan fingerprint density at radius 3 is 2.86 bits per heavy atom. The molecular weight excluding hydrogens is 180 g/mol. The molecule has 1 rings (SSSR count). The summed E-state index contributed by atoms with van der Waals surface area (Å²) in [5, 5.41) is 0. The second-order valence-electron chi connectivity index (χ2n) is 2.84. The van der Waals surface area contributed by atoms with Crippen molar-refractivity contribution in [1.82, 2.24) is 4.98 Å². The number of ether oxygens (including phenoxy) is 2. The maximum absolute atomic E-state index is 5.52. The summed E-state index contributed by atoms with van der Waals surface area (Å²) in [6.07, 6.45) is 1.68. The Balaban J connectivity index is 2.18. The highest BCUT2D eigenvalue weighted by Gasteiger charge is 1.94. The van der Waals surface area contributed by atoms with E-state index < -0.39 is 0 Å². The van der Waals surface area contributed by atoms with Crippen LogP contribution in [0.2, 0.25) is 0 Å². The van der Waals surface area contributed by atoms with Gasteiger partial charge in [-0.25, -0.2) is 4.98 Å². The van der Waals surface area contributed by atoms with Crippen LogP contribution in [-0.4, -0.2) is 24.8 Å². The number of rotatable bonds is 6. The Labute approximate surface area is 84.0 Å². The molecule has 1 heterocycles. The fourth-order valence-corrected chi connectivity index (χ4v) is 1.04. The molecule has 0 aliphatic heterocycles. The number of nitrogens with zero attached hydrogens (tertiary/aromatic N) is 1. The number of anilines is 1. The van der Waals surface area contributed by atoms with Crippen LogP contribution in [0.5, 0.6) is 0 Å². The maximum Gasteiger partial charge on any atom is 0.123 e. The Morgan fingerprint density at radius 1 is 1.36 bits per heavy atom. The molecule has 4 nitrogen and oxygen atoms in total. The van der Waals surface area contributed by atoms with Crippen LogP contribution < -0.4 is 5.73 Å². The van der Waals surface area contributed by atoms with Crippen LogP contribution in [0, 0.1) is 0 Å². The second-order valence-corrected chi connectivity index (χ2v) is 2.84. The fraction of sp³-hybridized carbons (Fsp3) is 0.500. The summed E-state index contributed by atoms with van der Waals surface area (Å²) in [6, 6.07) is 3.69. The van der Waals surface area contributed by atoms with Crippen LogP contribution in [0.1, 0.15) is 12.5 Å². The summed E-state index contributed by atoms with van der Waals surface area (Å²) < 4.78 is 10.5. The highest BCUT2D eigenvalue weighted by atomic mass is 16.5. The summed E-state index contributed by atoms with van der Waals surface area (Å²) in [4.78, 5) is 3.90. The summed E-state index contributed by atoms with van der Waals surface area (Å²) in [5.74, 6) is 0.524. The predicted molar refractivity (Wildman–Crippen MR) is 54.8 cm³/mol. The number of hydrogen-bond donors (Lipinski definition) is 1. The SMILES string of the molecule is CCOCCOCc1ccnc(N)c1. The number of pyridine rings is 1. The van der Waals surface area contributed by atoms with Gasteiger partial charge in [0, 0.05) is 12.8 Å². The summed E-state index contributed by atoms with van der Waals surface area (Å²) in [6.45, 7) is 4.49. The van der Waals surface area contributed by atoms with Crippen LogP contribution in [-0.2, 0) is 16.1 Å². The number of aromatic nitrogens is 1. The highest BCUT2D eigenvalue weighted by molar-refractivity contribution is 5.31. The normalized spacial score (nSPS) is 10.4. The third-order valence-electron chi connectivity index (χ3n) is 1.69. The van der Waals surface area contributed by atoms with Gasteiger partial charge in [-0.1, -0.05) is 0 Å². The number of nitrogen functional groups attached to an aromatic ring is 1. The monoisotopic (exact) mass is 196 g/mol. The predicted octanol–water partition coefficient (Wildman–Crippen LogP) is 1.22. The molecule has 0 spiro atoms. The molecule has 1 aromatic heterocycles. The average molecular weight is 196 g/mol. The first-order chi connectivity index (χ1) is 6.83. The van der Waals surface area contributed by atoms with Crippen LogP contribution in [0.3, 0.4) is 0 Å². The van der Waals surface area contributed by atoms with E-state index >= 15 is 0 Å². The van der Waals surface area contributed by atoms with Crippen LogP contribution in [0.15, 0.2) is 18.3 Å². The minimum atomic E-state index is 0.524. The molecule has 1 aromatic rings. The maximum atomic E-state index is 5.52. The van der Waals surface area contributed by atoms with E-state index in [1.54, 1.807) is 12.3 Å². The van der Waals surface area contributed by atoms with E-state index in [4.69, 9.17) is 15.2 Å². The van der Waals surface area contributed by atoms with Gasteiger partial charge in [-0.05, 0) is 24.6 Å². The lowest BCUT2D eigenvalue weighted by atomic mass is 10.3. The van der Waals surface area contributed by atoms with E-state index in [0.29, 0.717) is 25.6 Å². The van der Waals surface area contributed by atoms with Crippen molar-refractivity contribution in [2.75, 3.05) is 25.6 Å². The molecule has 4 heteroatoms. The zero-order chi connectivity index (χ0) is 10.2. The van der Waals surface area contributed by atoms with Gasteiger partial charge in [0.2, 0.25) is 0 Å². The van der Waals surface area contributed by atoms with Crippen molar-refractivity contribution in [1.29, 1.82) is 0 Å². The van der Waals surface area contributed by atoms with Crippen molar-refractivity contribution in [3.63, 3.8) is 0 Å². The Kier molecular flexibility index (Phi) is 4.96. The number of nitrogens with two attached hydrogens (primary N) is 1. The third kappa shape index (κ3) is 4.20. The molecular formula is C10H16N2O2. The first-order valence-corrected chi connectivity index (χ1v) is 4.69. The van der Waals surface area contributed by atoms with Gasteiger partial charge >= 0.3 is 0 Å². The molecule has 0 saturated heterocycles.